The van der Waals surface area contributed by atoms with Crippen LogP contribution in [0.5, 0.6) is 0 Å². The highest BCUT2D eigenvalue weighted by molar-refractivity contribution is 7.80. The lowest BCUT2D eigenvalue weighted by atomic mass is 10.1. The molecule has 0 bridgehead atoms. The highest BCUT2D eigenvalue weighted by Gasteiger charge is 2.42. The van der Waals surface area contributed by atoms with Crippen molar-refractivity contribution < 1.29 is 4.74 Å². The van der Waals surface area contributed by atoms with E-state index in [9.17, 15) is 0 Å². The Morgan fingerprint density at radius 3 is 2.77 bits per heavy atom. The predicted octanol–water partition coefficient (Wildman–Crippen LogP) is 1.42. The first-order valence-corrected chi connectivity index (χ1v) is 5.78. The fourth-order valence-electron chi connectivity index (χ4n) is 2.07. The number of nitrogens with zero attached hydrogens (tertiary/aromatic N) is 1. The van der Waals surface area contributed by atoms with Gasteiger partial charge in [0.05, 0.1) is 6.61 Å². The molecule has 0 N–H and O–H groups in total. The molecule has 1 aliphatic carbocycles. The van der Waals surface area contributed by atoms with E-state index >= 15 is 0 Å². The summed E-state index contributed by atoms with van der Waals surface area (Å²) < 4.78 is 5.39. The minimum absolute atomic E-state index is 0.556. The number of thiol groups is 1. The van der Waals surface area contributed by atoms with Crippen molar-refractivity contribution in [2.75, 3.05) is 32.6 Å². The van der Waals surface area contributed by atoms with Crippen LogP contribution in [0.1, 0.15) is 19.3 Å². The third kappa shape index (κ3) is 2.20. The molecule has 0 aromatic rings. The lowest BCUT2D eigenvalue weighted by Crippen LogP contribution is -2.37. The van der Waals surface area contributed by atoms with Crippen LogP contribution in [0.15, 0.2) is 0 Å². The third-order valence-electron chi connectivity index (χ3n) is 3.41. The Bertz CT molecular complexity index is 176. The van der Waals surface area contributed by atoms with Gasteiger partial charge in [-0.1, -0.05) is 0 Å². The first kappa shape index (κ1) is 9.81. The van der Waals surface area contributed by atoms with Crippen LogP contribution in [0.4, 0.5) is 0 Å². The molecule has 2 fully saturated rings. The van der Waals surface area contributed by atoms with Crippen molar-refractivity contribution in [1.29, 1.82) is 0 Å². The van der Waals surface area contributed by atoms with E-state index in [1.807, 2.05) is 0 Å². The lowest BCUT2D eigenvalue weighted by molar-refractivity contribution is 0.148. The molecule has 0 aromatic heterocycles. The van der Waals surface area contributed by atoms with Crippen molar-refractivity contribution in [3.63, 3.8) is 0 Å². The number of rotatable bonds is 4. The van der Waals surface area contributed by atoms with Gasteiger partial charge >= 0.3 is 0 Å². The van der Waals surface area contributed by atoms with Gasteiger partial charge in [0.25, 0.3) is 0 Å². The Kier molecular flexibility index (Phi) is 2.86. The maximum Gasteiger partial charge on any atom is 0.0622 e. The highest BCUT2D eigenvalue weighted by Crippen LogP contribution is 2.47. The maximum absolute atomic E-state index is 5.39. The molecule has 2 aliphatic rings. The van der Waals surface area contributed by atoms with E-state index in [0.717, 1.165) is 19.0 Å². The first-order chi connectivity index (χ1) is 6.26. The van der Waals surface area contributed by atoms with E-state index in [2.05, 4.69) is 24.6 Å². The molecule has 76 valence electrons. The normalized spacial score (nSPS) is 31.2. The van der Waals surface area contributed by atoms with E-state index in [4.69, 9.17) is 4.74 Å². The Morgan fingerprint density at radius 1 is 1.54 bits per heavy atom. The lowest BCUT2D eigenvalue weighted by Gasteiger charge is -2.27. The Morgan fingerprint density at radius 2 is 2.31 bits per heavy atom. The number of likely N-dealkylation sites (N-methyl/N-ethyl adjacent to an activating group) is 1. The number of hydrogen-bond donors (Lipinski definition) is 1. The molecule has 0 radical (unpaired) electrons. The molecule has 0 amide bonds. The minimum Gasteiger partial charge on any atom is -0.380 e. The van der Waals surface area contributed by atoms with Crippen LogP contribution in [-0.2, 0) is 4.74 Å². The molecule has 1 aliphatic heterocycles. The van der Waals surface area contributed by atoms with Gasteiger partial charge in [-0.2, -0.15) is 12.6 Å². The van der Waals surface area contributed by atoms with Gasteiger partial charge < -0.3 is 9.64 Å². The summed E-state index contributed by atoms with van der Waals surface area (Å²) in [5.74, 6) is 1.05. The van der Waals surface area contributed by atoms with Crippen LogP contribution in [0, 0.1) is 5.41 Å². The molecule has 2 rings (SSSR count). The standard InChI is InChI=1S/C10H19NOS/c1-11(9-2-5-12-6-9)7-10(8-13)3-4-10/h9,13H,2-8H2,1H3. The molecule has 2 nitrogen and oxygen atoms in total. The summed E-state index contributed by atoms with van der Waals surface area (Å²) in [4.78, 5) is 2.47. The van der Waals surface area contributed by atoms with Gasteiger partial charge in [-0.3, -0.25) is 0 Å². The van der Waals surface area contributed by atoms with Crippen molar-refractivity contribution >= 4 is 12.6 Å². The van der Waals surface area contributed by atoms with Crippen molar-refractivity contribution in [2.45, 2.75) is 25.3 Å². The van der Waals surface area contributed by atoms with Crippen LogP contribution < -0.4 is 0 Å². The molecule has 1 atom stereocenters. The summed E-state index contributed by atoms with van der Waals surface area (Å²) in [6.07, 6.45) is 3.95. The Labute approximate surface area is 86.0 Å². The van der Waals surface area contributed by atoms with E-state index in [-0.39, 0.29) is 0 Å². The van der Waals surface area contributed by atoms with E-state index in [1.165, 1.54) is 25.8 Å². The van der Waals surface area contributed by atoms with Gasteiger partial charge in [0.1, 0.15) is 0 Å². The molecule has 13 heavy (non-hydrogen) atoms. The van der Waals surface area contributed by atoms with Crippen LogP contribution >= 0.6 is 12.6 Å². The van der Waals surface area contributed by atoms with Crippen LogP contribution in [0.2, 0.25) is 0 Å². The van der Waals surface area contributed by atoms with E-state index < -0.39 is 0 Å². The van der Waals surface area contributed by atoms with Crippen LogP contribution in [0.25, 0.3) is 0 Å². The summed E-state index contributed by atoms with van der Waals surface area (Å²) in [6.45, 7) is 3.09. The number of ether oxygens (including phenoxy) is 1. The summed E-state index contributed by atoms with van der Waals surface area (Å²) in [5.41, 5.74) is 0.556. The molecule has 1 saturated heterocycles. The van der Waals surface area contributed by atoms with Gasteiger partial charge in [0.2, 0.25) is 0 Å². The van der Waals surface area contributed by atoms with Crippen molar-refractivity contribution in [3.8, 4) is 0 Å². The second kappa shape index (κ2) is 3.79. The summed E-state index contributed by atoms with van der Waals surface area (Å²) >= 11 is 4.42. The topological polar surface area (TPSA) is 12.5 Å². The average molecular weight is 201 g/mol. The molecule has 0 aromatic carbocycles. The van der Waals surface area contributed by atoms with E-state index in [0.29, 0.717) is 11.5 Å². The molecular weight excluding hydrogens is 182 g/mol. The van der Waals surface area contributed by atoms with Gasteiger partial charge in [0, 0.05) is 19.2 Å². The van der Waals surface area contributed by atoms with Crippen molar-refractivity contribution in [2.24, 2.45) is 5.41 Å². The molecule has 0 spiro atoms. The summed E-state index contributed by atoms with van der Waals surface area (Å²) in [7, 11) is 2.23. The fraction of sp³-hybridized carbons (Fsp3) is 1.00. The minimum atomic E-state index is 0.556. The average Bonchev–Trinajstić information content (AvgIpc) is 2.69. The second-order valence-corrected chi connectivity index (χ2v) is 4.91. The quantitative estimate of drug-likeness (QED) is 0.691. The molecular formula is C10H19NOS. The zero-order valence-electron chi connectivity index (χ0n) is 8.33. The van der Waals surface area contributed by atoms with Gasteiger partial charge in [-0.05, 0) is 37.5 Å². The SMILES string of the molecule is CN(CC1(CS)CC1)C1CCOC1. The predicted molar refractivity (Wildman–Crippen MR) is 57.4 cm³/mol. The Balaban J connectivity index is 1.80. The highest BCUT2D eigenvalue weighted by atomic mass is 32.1. The smallest absolute Gasteiger partial charge is 0.0622 e. The molecule has 1 unspecified atom stereocenters. The zero-order chi connectivity index (χ0) is 9.31. The largest absolute Gasteiger partial charge is 0.380 e. The second-order valence-electron chi connectivity index (χ2n) is 4.59. The maximum atomic E-state index is 5.39. The zero-order valence-corrected chi connectivity index (χ0v) is 9.22. The summed E-state index contributed by atoms with van der Waals surface area (Å²) in [5, 5.41) is 0. The van der Waals surface area contributed by atoms with Crippen molar-refractivity contribution in [3.05, 3.63) is 0 Å². The van der Waals surface area contributed by atoms with E-state index in [1.54, 1.807) is 0 Å². The first-order valence-electron chi connectivity index (χ1n) is 5.15. The van der Waals surface area contributed by atoms with Gasteiger partial charge in [0.15, 0.2) is 0 Å². The monoisotopic (exact) mass is 201 g/mol. The Hall–Kier alpha value is 0.270. The van der Waals surface area contributed by atoms with Gasteiger partial charge in [-0.25, -0.2) is 0 Å². The molecule has 1 heterocycles. The molecule has 1 saturated carbocycles. The summed E-state index contributed by atoms with van der Waals surface area (Å²) in [6, 6.07) is 0.664. The van der Waals surface area contributed by atoms with Gasteiger partial charge in [-0.15, -0.1) is 0 Å². The fourth-order valence-corrected chi connectivity index (χ4v) is 2.49. The third-order valence-corrected chi connectivity index (χ3v) is 4.08. The van der Waals surface area contributed by atoms with Crippen LogP contribution in [-0.4, -0.2) is 43.5 Å². The van der Waals surface area contributed by atoms with Crippen LogP contribution in [0.3, 0.4) is 0 Å². The van der Waals surface area contributed by atoms with Crippen molar-refractivity contribution in [1.82, 2.24) is 4.90 Å². The molecule has 3 heteroatoms. The number of hydrogen-bond acceptors (Lipinski definition) is 3.